The average Bonchev–Trinajstić information content (AvgIpc) is 2.95. The van der Waals surface area contributed by atoms with Crippen molar-refractivity contribution in [1.82, 2.24) is 4.90 Å². The highest BCUT2D eigenvalue weighted by Gasteiger charge is 2.30. The molecule has 20 heavy (non-hydrogen) atoms. The number of hydrogen-bond donors (Lipinski definition) is 0. The van der Waals surface area contributed by atoms with Crippen LogP contribution in [0.25, 0.3) is 0 Å². The van der Waals surface area contributed by atoms with Crippen LogP contribution in [0.2, 0.25) is 0 Å². The Bertz CT molecular complexity index is 480. The Kier molecular flexibility index (Phi) is 4.82. The van der Waals surface area contributed by atoms with E-state index in [-0.39, 0.29) is 24.3 Å². The van der Waals surface area contributed by atoms with Gasteiger partial charge in [0.1, 0.15) is 5.76 Å². The molecule has 1 aromatic heterocycles. The third-order valence-corrected chi connectivity index (χ3v) is 3.81. The number of likely N-dealkylation sites (tertiary alicyclic amines) is 1. The van der Waals surface area contributed by atoms with Gasteiger partial charge < -0.3 is 14.1 Å². The molecule has 5 heteroatoms. The van der Waals surface area contributed by atoms with Crippen molar-refractivity contribution in [3.63, 3.8) is 0 Å². The number of furan rings is 1. The topological polar surface area (TPSA) is 59.8 Å². The monoisotopic (exact) mass is 279 g/mol. The molecule has 1 fully saturated rings. The van der Waals surface area contributed by atoms with Crippen molar-refractivity contribution in [2.24, 2.45) is 0 Å². The minimum atomic E-state index is -0.266. The fraction of sp³-hybridized carbons (Fsp3) is 0.600. The lowest BCUT2D eigenvalue weighted by molar-refractivity contribution is -0.142. The molecule has 0 spiro atoms. The van der Waals surface area contributed by atoms with Crippen LogP contribution in [0.1, 0.15) is 48.7 Å². The summed E-state index contributed by atoms with van der Waals surface area (Å²) in [6.07, 6.45) is 5.36. The molecule has 1 atom stereocenters. The fourth-order valence-corrected chi connectivity index (χ4v) is 2.72. The summed E-state index contributed by atoms with van der Waals surface area (Å²) < 4.78 is 10.0. The van der Waals surface area contributed by atoms with E-state index in [1.165, 1.54) is 7.11 Å². The molecule has 0 N–H and O–H groups in total. The molecule has 5 nitrogen and oxygen atoms in total. The average molecular weight is 279 g/mol. The molecule has 0 aromatic carbocycles. The van der Waals surface area contributed by atoms with Crippen LogP contribution in [0.15, 0.2) is 16.7 Å². The Labute approximate surface area is 118 Å². The van der Waals surface area contributed by atoms with Crippen LogP contribution in [0, 0.1) is 0 Å². The maximum atomic E-state index is 12.6. The van der Waals surface area contributed by atoms with Crippen molar-refractivity contribution >= 4 is 11.9 Å². The number of esters is 1. The van der Waals surface area contributed by atoms with Crippen LogP contribution < -0.4 is 0 Å². The van der Waals surface area contributed by atoms with Gasteiger partial charge >= 0.3 is 5.97 Å². The Morgan fingerprint density at radius 1 is 1.45 bits per heavy atom. The van der Waals surface area contributed by atoms with Crippen LogP contribution in [-0.4, -0.2) is 36.5 Å². The van der Waals surface area contributed by atoms with Crippen molar-refractivity contribution < 1.29 is 18.7 Å². The van der Waals surface area contributed by atoms with Crippen LogP contribution in [0.4, 0.5) is 0 Å². The van der Waals surface area contributed by atoms with Crippen molar-refractivity contribution in [1.29, 1.82) is 0 Å². The van der Waals surface area contributed by atoms with E-state index >= 15 is 0 Å². The van der Waals surface area contributed by atoms with Gasteiger partial charge in [0.15, 0.2) is 0 Å². The van der Waals surface area contributed by atoms with Gasteiger partial charge in [-0.05, 0) is 25.3 Å². The Morgan fingerprint density at radius 3 is 2.95 bits per heavy atom. The van der Waals surface area contributed by atoms with Crippen LogP contribution in [-0.2, 0) is 16.0 Å². The zero-order valence-electron chi connectivity index (χ0n) is 12.1. The maximum absolute atomic E-state index is 12.6. The van der Waals surface area contributed by atoms with Crippen LogP contribution in [0.3, 0.4) is 0 Å². The lowest BCUT2D eigenvalue weighted by Gasteiger charge is -2.35. The summed E-state index contributed by atoms with van der Waals surface area (Å²) >= 11 is 0. The van der Waals surface area contributed by atoms with Gasteiger partial charge in [0.05, 0.1) is 25.4 Å². The van der Waals surface area contributed by atoms with E-state index in [9.17, 15) is 9.59 Å². The molecular formula is C15H21NO4. The molecular weight excluding hydrogens is 258 g/mol. The standard InChI is InChI=1S/C15H21NO4/c1-3-13-12(7-9-20-13)15(18)16-8-5-4-6-11(16)10-14(17)19-2/h7,9,11H,3-6,8,10H2,1-2H3. The first kappa shape index (κ1) is 14.6. The minimum absolute atomic E-state index is 0.0378. The Morgan fingerprint density at radius 2 is 2.25 bits per heavy atom. The number of piperidine rings is 1. The first-order valence-electron chi connectivity index (χ1n) is 7.11. The zero-order chi connectivity index (χ0) is 14.5. The number of nitrogens with zero attached hydrogens (tertiary/aromatic N) is 1. The SMILES string of the molecule is CCc1occc1C(=O)N1CCCCC1CC(=O)OC. The van der Waals surface area contributed by atoms with E-state index in [1.54, 1.807) is 17.2 Å². The van der Waals surface area contributed by atoms with E-state index in [0.717, 1.165) is 19.3 Å². The number of ether oxygens (including phenoxy) is 1. The van der Waals surface area contributed by atoms with E-state index in [4.69, 9.17) is 9.15 Å². The molecule has 1 aliphatic rings. The second-order valence-corrected chi connectivity index (χ2v) is 5.04. The second kappa shape index (κ2) is 6.59. The molecule has 0 saturated carbocycles. The number of rotatable bonds is 4. The Balaban J connectivity index is 2.15. The normalized spacial score (nSPS) is 18.9. The highest BCUT2D eigenvalue weighted by Crippen LogP contribution is 2.24. The lowest BCUT2D eigenvalue weighted by atomic mass is 9.98. The van der Waals surface area contributed by atoms with Gasteiger partial charge in [-0.15, -0.1) is 0 Å². The van der Waals surface area contributed by atoms with Gasteiger partial charge in [-0.3, -0.25) is 9.59 Å². The second-order valence-electron chi connectivity index (χ2n) is 5.04. The summed E-state index contributed by atoms with van der Waals surface area (Å²) in [6.45, 7) is 2.65. The lowest BCUT2D eigenvalue weighted by Crippen LogP contribution is -2.45. The third kappa shape index (κ3) is 3.03. The van der Waals surface area contributed by atoms with Crippen LogP contribution in [0.5, 0.6) is 0 Å². The van der Waals surface area contributed by atoms with Crippen LogP contribution >= 0.6 is 0 Å². The first-order chi connectivity index (χ1) is 9.67. The number of carbonyl (C=O) groups is 2. The minimum Gasteiger partial charge on any atom is -0.469 e. The van der Waals surface area contributed by atoms with E-state index in [0.29, 0.717) is 24.3 Å². The third-order valence-electron chi connectivity index (χ3n) is 3.81. The predicted octanol–water partition coefficient (Wildman–Crippen LogP) is 2.40. The van der Waals surface area contributed by atoms with Crippen molar-refractivity contribution in [2.45, 2.75) is 45.1 Å². The summed E-state index contributed by atoms with van der Waals surface area (Å²) in [5.41, 5.74) is 0.615. The van der Waals surface area contributed by atoms with E-state index in [2.05, 4.69) is 0 Å². The molecule has 0 radical (unpaired) electrons. The van der Waals surface area contributed by atoms with E-state index < -0.39 is 0 Å². The number of methoxy groups -OCH3 is 1. The molecule has 2 rings (SSSR count). The largest absolute Gasteiger partial charge is 0.469 e. The molecule has 1 amide bonds. The maximum Gasteiger partial charge on any atom is 0.307 e. The summed E-state index contributed by atoms with van der Waals surface area (Å²) in [5, 5.41) is 0. The van der Waals surface area contributed by atoms with Gasteiger partial charge in [-0.2, -0.15) is 0 Å². The Hall–Kier alpha value is -1.78. The summed E-state index contributed by atoms with van der Waals surface area (Å²) in [6, 6.07) is 1.65. The number of hydrogen-bond acceptors (Lipinski definition) is 4. The molecule has 1 unspecified atom stereocenters. The highest BCUT2D eigenvalue weighted by molar-refractivity contribution is 5.95. The molecule has 1 saturated heterocycles. The highest BCUT2D eigenvalue weighted by atomic mass is 16.5. The smallest absolute Gasteiger partial charge is 0.307 e. The number of amides is 1. The fourth-order valence-electron chi connectivity index (χ4n) is 2.72. The molecule has 2 heterocycles. The molecule has 1 aromatic rings. The summed E-state index contributed by atoms with van der Waals surface area (Å²) in [7, 11) is 1.38. The van der Waals surface area contributed by atoms with Gasteiger partial charge in [-0.25, -0.2) is 0 Å². The van der Waals surface area contributed by atoms with Gasteiger partial charge in [0, 0.05) is 19.0 Å². The van der Waals surface area contributed by atoms with Crippen molar-refractivity contribution in [3.05, 3.63) is 23.7 Å². The van der Waals surface area contributed by atoms with E-state index in [1.807, 2.05) is 6.92 Å². The molecule has 0 bridgehead atoms. The van der Waals surface area contributed by atoms with Gasteiger partial charge in [0.25, 0.3) is 5.91 Å². The van der Waals surface area contributed by atoms with Crippen molar-refractivity contribution in [2.75, 3.05) is 13.7 Å². The summed E-state index contributed by atoms with van der Waals surface area (Å²) in [5.74, 6) is 0.402. The molecule has 1 aliphatic heterocycles. The molecule has 0 aliphatic carbocycles. The van der Waals surface area contributed by atoms with Gasteiger partial charge in [0.2, 0.25) is 0 Å². The number of carbonyl (C=O) groups excluding carboxylic acids is 2. The van der Waals surface area contributed by atoms with Gasteiger partial charge in [-0.1, -0.05) is 6.92 Å². The quantitative estimate of drug-likeness (QED) is 0.794. The zero-order valence-corrected chi connectivity index (χ0v) is 12.1. The molecule has 110 valence electrons. The first-order valence-corrected chi connectivity index (χ1v) is 7.11. The predicted molar refractivity (Wildman–Crippen MR) is 73.4 cm³/mol. The van der Waals surface area contributed by atoms with Crippen molar-refractivity contribution in [3.8, 4) is 0 Å². The summed E-state index contributed by atoms with van der Waals surface area (Å²) in [4.78, 5) is 25.9. The number of aryl methyl sites for hydroxylation is 1.